The fourth-order valence-electron chi connectivity index (χ4n) is 1.41. The standard InChI is InChI=1S/C12H16ClNO4S/c1-3-18-12(15)8-14(2)19(16,17)9-10-6-4-5-7-11(10)13/h4-7H,3,8-9H2,1-2H3. The van der Waals surface area contributed by atoms with Crippen LogP contribution in [0.15, 0.2) is 24.3 Å². The van der Waals surface area contributed by atoms with E-state index in [4.69, 9.17) is 16.3 Å². The predicted octanol–water partition coefficient (Wildman–Crippen LogP) is 1.66. The minimum absolute atomic E-state index is 0.219. The smallest absolute Gasteiger partial charge is 0.321 e. The number of halogens is 1. The van der Waals surface area contributed by atoms with Gasteiger partial charge in [-0.25, -0.2) is 8.42 Å². The SMILES string of the molecule is CCOC(=O)CN(C)S(=O)(=O)Cc1ccccc1Cl. The average molecular weight is 306 g/mol. The van der Waals surface area contributed by atoms with Crippen LogP contribution in [0.4, 0.5) is 0 Å². The summed E-state index contributed by atoms with van der Waals surface area (Å²) in [7, 11) is -2.26. The number of esters is 1. The summed E-state index contributed by atoms with van der Waals surface area (Å²) in [6.45, 7) is 1.58. The minimum atomic E-state index is -3.60. The molecular formula is C12H16ClNO4S. The molecule has 0 N–H and O–H groups in total. The molecule has 0 heterocycles. The van der Waals surface area contributed by atoms with E-state index in [1.54, 1.807) is 31.2 Å². The molecule has 0 aromatic heterocycles. The first-order chi connectivity index (χ1) is 8.86. The number of carbonyl (C=O) groups excluding carboxylic acids is 1. The van der Waals surface area contributed by atoms with Gasteiger partial charge in [-0.3, -0.25) is 4.79 Å². The van der Waals surface area contributed by atoms with Crippen LogP contribution >= 0.6 is 11.6 Å². The zero-order valence-electron chi connectivity index (χ0n) is 10.8. The maximum atomic E-state index is 12.1. The number of hydrogen-bond acceptors (Lipinski definition) is 4. The van der Waals surface area contributed by atoms with E-state index in [1.807, 2.05) is 0 Å². The van der Waals surface area contributed by atoms with E-state index in [0.29, 0.717) is 10.6 Å². The number of carbonyl (C=O) groups is 1. The third-order valence-corrected chi connectivity index (χ3v) is 4.55. The van der Waals surface area contributed by atoms with Gasteiger partial charge in [-0.05, 0) is 18.6 Å². The zero-order chi connectivity index (χ0) is 14.5. The van der Waals surface area contributed by atoms with Gasteiger partial charge in [0.15, 0.2) is 0 Å². The zero-order valence-corrected chi connectivity index (χ0v) is 12.4. The second-order valence-corrected chi connectivity index (χ2v) is 6.39. The van der Waals surface area contributed by atoms with Crippen LogP contribution in [0.2, 0.25) is 5.02 Å². The van der Waals surface area contributed by atoms with E-state index in [9.17, 15) is 13.2 Å². The van der Waals surface area contributed by atoms with Crippen LogP contribution in [0.25, 0.3) is 0 Å². The molecule has 1 aromatic carbocycles. The van der Waals surface area contributed by atoms with Crippen molar-refractivity contribution >= 4 is 27.6 Å². The molecule has 1 rings (SSSR count). The molecule has 0 bridgehead atoms. The minimum Gasteiger partial charge on any atom is -0.465 e. The van der Waals surface area contributed by atoms with Crippen molar-refractivity contribution in [1.82, 2.24) is 4.31 Å². The van der Waals surface area contributed by atoms with Crippen molar-refractivity contribution in [3.05, 3.63) is 34.9 Å². The quantitative estimate of drug-likeness (QED) is 0.750. The second-order valence-electron chi connectivity index (χ2n) is 3.91. The molecule has 0 saturated carbocycles. The molecule has 0 saturated heterocycles. The van der Waals surface area contributed by atoms with Crippen LogP contribution in [-0.2, 0) is 25.3 Å². The highest BCUT2D eigenvalue weighted by Crippen LogP contribution is 2.18. The number of likely N-dealkylation sites (N-methyl/N-ethyl adjacent to an activating group) is 1. The number of rotatable bonds is 6. The Morgan fingerprint density at radius 3 is 2.58 bits per heavy atom. The molecule has 19 heavy (non-hydrogen) atoms. The summed E-state index contributed by atoms with van der Waals surface area (Å²) < 4.78 is 29.8. The van der Waals surface area contributed by atoms with Crippen molar-refractivity contribution in [3.63, 3.8) is 0 Å². The summed E-state index contributed by atoms with van der Waals surface area (Å²) >= 11 is 5.92. The third kappa shape index (κ3) is 4.81. The normalized spacial score (nSPS) is 11.6. The highest BCUT2D eigenvalue weighted by atomic mass is 35.5. The van der Waals surface area contributed by atoms with E-state index in [1.165, 1.54) is 7.05 Å². The van der Waals surface area contributed by atoms with Gasteiger partial charge in [0, 0.05) is 12.1 Å². The molecule has 0 aliphatic heterocycles. The van der Waals surface area contributed by atoms with Gasteiger partial charge in [0.05, 0.1) is 12.4 Å². The van der Waals surface area contributed by atoms with Gasteiger partial charge >= 0.3 is 5.97 Å². The van der Waals surface area contributed by atoms with Gasteiger partial charge in [0.2, 0.25) is 10.0 Å². The van der Waals surface area contributed by atoms with Gasteiger partial charge < -0.3 is 4.74 Å². The highest BCUT2D eigenvalue weighted by Gasteiger charge is 2.22. The number of nitrogens with zero attached hydrogens (tertiary/aromatic N) is 1. The van der Waals surface area contributed by atoms with Crippen LogP contribution in [-0.4, -0.2) is 38.9 Å². The van der Waals surface area contributed by atoms with E-state index in [-0.39, 0.29) is 18.9 Å². The first kappa shape index (κ1) is 15.9. The molecule has 0 aliphatic carbocycles. The Morgan fingerprint density at radius 1 is 1.37 bits per heavy atom. The van der Waals surface area contributed by atoms with Crippen LogP contribution in [0.5, 0.6) is 0 Å². The molecule has 1 aromatic rings. The Hall–Kier alpha value is -1.11. The van der Waals surface area contributed by atoms with E-state index in [2.05, 4.69) is 0 Å². The maximum absolute atomic E-state index is 12.1. The van der Waals surface area contributed by atoms with Crippen LogP contribution in [0, 0.1) is 0 Å². The van der Waals surface area contributed by atoms with Crippen LogP contribution in [0.3, 0.4) is 0 Å². The third-order valence-electron chi connectivity index (χ3n) is 2.43. The average Bonchev–Trinajstić information content (AvgIpc) is 2.32. The van der Waals surface area contributed by atoms with Crippen molar-refractivity contribution in [2.24, 2.45) is 0 Å². The summed E-state index contributed by atoms with van der Waals surface area (Å²) in [4.78, 5) is 11.3. The first-order valence-electron chi connectivity index (χ1n) is 5.70. The molecule has 106 valence electrons. The van der Waals surface area contributed by atoms with Crippen molar-refractivity contribution < 1.29 is 17.9 Å². The molecule has 7 heteroatoms. The fraction of sp³-hybridized carbons (Fsp3) is 0.417. The summed E-state index contributed by atoms with van der Waals surface area (Å²) in [6, 6.07) is 6.69. The Bertz CT molecular complexity index is 544. The molecular weight excluding hydrogens is 290 g/mol. The lowest BCUT2D eigenvalue weighted by Gasteiger charge is -2.16. The number of hydrogen-bond donors (Lipinski definition) is 0. The van der Waals surface area contributed by atoms with E-state index < -0.39 is 16.0 Å². The molecule has 0 aliphatic rings. The highest BCUT2D eigenvalue weighted by molar-refractivity contribution is 7.88. The van der Waals surface area contributed by atoms with E-state index in [0.717, 1.165) is 4.31 Å². The predicted molar refractivity (Wildman–Crippen MR) is 73.3 cm³/mol. The van der Waals surface area contributed by atoms with Crippen molar-refractivity contribution in [2.45, 2.75) is 12.7 Å². The molecule has 0 amide bonds. The Morgan fingerprint density at radius 2 is 2.00 bits per heavy atom. The summed E-state index contributed by atoms with van der Waals surface area (Å²) in [5, 5.41) is 0.385. The van der Waals surface area contributed by atoms with Crippen LogP contribution < -0.4 is 0 Å². The molecule has 0 fully saturated rings. The first-order valence-corrected chi connectivity index (χ1v) is 7.68. The number of sulfonamides is 1. The molecule has 0 atom stereocenters. The molecule has 5 nitrogen and oxygen atoms in total. The number of ether oxygens (including phenoxy) is 1. The Balaban J connectivity index is 2.76. The summed E-state index contributed by atoms with van der Waals surface area (Å²) in [5.74, 6) is -0.824. The Kier molecular flexibility index (Phi) is 5.78. The van der Waals surface area contributed by atoms with Crippen molar-refractivity contribution in [2.75, 3.05) is 20.2 Å². The fourth-order valence-corrected chi connectivity index (χ4v) is 2.86. The summed E-state index contributed by atoms with van der Waals surface area (Å²) in [5.41, 5.74) is 0.500. The maximum Gasteiger partial charge on any atom is 0.321 e. The summed E-state index contributed by atoms with van der Waals surface area (Å²) in [6.07, 6.45) is 0. The lowest BCUT2D eigenvalue weighted by Crippen LogP contribution is -2.34. The van der Waals surface area contributed by atoms with Gasteiger partial charge in [-0.15, -0.1) is 0 Å². The lowest BCUT2D eigenvalue weighted by atomic mass is 10.2. The number of benzene rings is 1. The Labute approximate surface area is 118 Å². The largest absolute Gasteiger partial charge is 0.465 e. The van der Waals surface area contributed by atoms with E-state index >= 15 is 0 Å². The second kappa shape index (κ2) is 6.88. The van der Waals surface area contributed by atoms with Crippen LogP contribution in [0.1, 0.15) is 12.5 Å². The van der Waals surface area contributed by atoms with Gasteiger partial charge in [0.25, 0.3) is 0 Å². The van der Waals surface area contributed by atoms with Crippen molar-refractivity contribution in [1.29, 1.82) is 0 Å². The van der Waals surface area contributed by atoms with Gasteiger partial charge in [-0.1, -0.05) is 29.8 Å². The molecule has 0 spiro atoms. The van der Waals surface area contributed by atoms with Gasteiger partial charge in [-0.2, -0.15) is 4.31 Å². The topological polar surface area (TPSA) is 63.7 Å². The molecule has 0 unspecified atom stereocenters. The molecule has 0 radical (unpaired) electrons. The van der Waals surface area contributed by atoms with Crippen molar-refractivity contribution in [3.8, 4) is 0 Å². The van der Waals surface area contributed by atoms with Gasteiger partial charge in [0.1, 0.15) is 6.54 Å². The monoisotopic (exact) mass is 305 g/mol. The lowest BCUT2D eigenvalue weighted by molar-refractivity contribution is -0.143.